The minimum Gasteiger partial charge on any atom is -0.497 e. The van der Waals surface area contributed by atoms with Crippen LogP contribution >= 0.6 is 0 Å². The molecule has 2 N–H and O–H groups in total. The van der Waals surface area contributed by atoms with E-state index in [1.165, 1.54) is 0 Å². The smallest absolute Gasteiger partial charge is 0.122 e. The number of hydrogen-bond donors (Lipinski definition) is 1. The summed E-state index contributed by atoms with van der Waals surface area (Å²) in [6, 6.07) is 7.97. The van der Waals surface area contributed by atoms with Gasteiger partial charge in [-0.05, 0) is 18.6 Å². The number of methoxy groups -OCH3 is 1. The Morgan fingerprint density at radius 3 is 2.79 bits per heavy atom. The lowest BCUT2D eigenvalue weighted by Gasteiger charge is -2.06. The summed E-state index contributed by atoms with van der Waals surface area (Å²) in [6.07, 6.45) is 1.09. The van der Waals surface area contributed by atoms with Gasteiger partial charge in [0, 0.05) is 18.0 Å². The fourth-order valence-corrected chi connectivity index (χ4v) is 1.36. The molecule has 3 heteroatoms. The minimum atomic E-state index is 0.348. The Labute approximate surface area is 83.8 Å². The zero-order valence-corrected chi connectivity index (χ0v) is 8.27. The van der Waals surface area contributed by atoms with Crippen molar-refractivity contribution in [3.05, 3.63) is 24.3 Å². The second-order valence-electron chi connectivity index (χ2n) is 3.65. The van der Waals surface area contributed by atoms with Crippen molar-refractivity contribution in [1.29, 1.82) is 0 Å². The van der Waals surface area contributed by atoms with E-state index in [0.29, 0.717) is 18.6 Å². The number of benzene rings is 1. The molecule has 0 heterocycles. The molecule has 1 aromatic rings. The first kappa shape index (κ1) is 9.34. The van der Waals surface area contributed by atoms with Crippen molar-refractivity contribution in [2.75, 3.05) is 13.7 Å². The van der Waals surface area contributed by atoms with Crippen LogP contribution in [0, 0.1) is 5.92 Å². The molecule has 1 aliphatic rings. The molecule has 0 spiro atoms. The first-order valence-electron chi connectivity index (χ1n) is 4.82. The third-order valence-electron chi connectivity index (χ3n) is 2.48. The van der Waals surface area contributed by atoms with Crippen LogP contribution in [-0.2, 0) is 0 Å². The van der Waals surface area contributed by atoms with Crippen molar-refractivity contribution >= 4 is 0 Å². The molecule has 1 fully saturated rings. The zero-order chi connectivity index (χ0) is 9.97. The van der Waals surface area contributed by atoms with Crippen LogP contribution in [0.5, 0.6) is 11.5 Å². The molecule has 0 aromatic heterocycles. The number of rotatable bonds is 4. The summed E-state index contributed by atoms with van der Waals surface area (Å²) in [5.74, 6) is 2.22. The Morgan fingerprint density at radius 1 is 1.43 bits per heavy atom. The summed E-state index contributed by atoms with van der Waals surface area (Å²) >= 11 is 0. The van der Waals surface area contributed by atoms with Crippen LogP contribution < -0.4 is 15.2 Å². The first-order valence-corrected chi connectivity index (χ1v) is 4.82. The monoisotopic (exact) mass is 193 g/mol. The third kappa shape index (κ3) is 2.17. The zero-order valence-electron chi connectivity index (χ0n) is 8.27. The van der Waals surface area contributed by atoms with Crippen molar-refractivity contribution in [1.82, 2.24) is 0 Å². The van der Waals surface area contributed by atoms with Crippen LogP contribution in [0.3, 0.4) is 0 Å². The van der Waals surface area contributed by atoms with E-state index in [1.54, 1.807) is 7.11 Å². The van der Waals surface area contributed by atoms with E-state index in [0.717, 1.165) is 17.9 Å². The number of nitrogens with two attached hydrogens (primary N) is 1. The minimum absolute atomic E-state index is 0.348. The predicted octanol–water partition coefficient (Wildman–Crippen LogP) is 1.42. The highest BCUT2D eigenvalue weighted by atomic mass is 16.5. The molecule has 2 atom stereocenters. The predicted molar refractivity (Wildman–Crippen MR) is 54.6 cm³/mol. The van der Waals surface area contributed by atoms with Crippen LogP contribution in [0.2, 0.25) is 0 Å². The maximum absolute atomic E-state index is 5.68. The molecule has 1 aromatic carbocycles. The molecule has 2 rings (SSSR count). The second-order valence-corrected chi connectivity index (χ2v) is 3.65. The summed E-state index contributed by atoms with van der Waals surface area (Å²) in [6.45, 7) is 0.717. The summed E-state index contributed by atoms with van der Waals surface area (Å²) in [4.78, 5) is 0. The maximum Gasteiger partial charge on any atom is 0.122 e. The molecule has 0 bridgehead atoms. The van der Waals surface area contributed by atoms with E-state index in [2.05, 4.69) is 0 Å². The lowest BCUT2D eigenvalue weighted by atomic mass is 10.3. The Balaban J connectivity index is 1.88. The van der Waals surface area contributed by atoms with Crippen LogP contribution in [0.1, 0.15) is 6.42 Å². The second kappa shape index (κ2) is 3.88. The van der Waals surface area contributed by atoms with E-state index in [9.17, 15) is 0 Å². The molecule has 2 unspecified atom stereocenters. The summed E-state index contributed by atoms with van der Waals surface area (Å²) < 4.78 is 10.7. The van der Waals surface area contributed by atoms with Gasteiger partial charge in [0.15, 0.2) is 0 Å². The van der Waals surface area contributed by atoms with Gasteiger partial charge in [0.05, 0.1) is 13.7 Å². The molecule has 0 amide bonds. The molecule has 14 heavy (non-hydrogen) atoms. The average Bonchev–Trinajstić information content (AvgIpc) is 2.92. The number of ether oxygens (including phenoxy) is 2. The van der Waals surface area contributed by atoms with E-state index < -0.39 is 0 Å². The molecular formula is C11H15NO2. The quantitative estimate of drug-likeness (QED) is 0.786. The van der Waals surface area contributed by atoms with Crippen LogP contribution in [0.15, 0.2) is 24.3 Å². The van der Waals surface area contributed by atoms with Crippen molar-refractivity contribution < 1.29 is 9.47 Å². The van der Waals surface area contributed by atoms with Crippen LogP contribution in [0.25, 0.3) is 0 Å². The van der Waals surface area contributed by atoms with E-state index >= 15 is 0 Å². The van der Waals surface area contributed by atoms with Crippen molar-refractivity contribution in [3.63, 3.8) is 0 Å². The van der Waals surface area contributed by atoms with Crippen molar-refractivity contribution in [3.8, 4) is 11.5 Å². The van der Waals surface area contributed by atoms with E-state index in [1.807, 2.05) is 24.3 Å². The van der Waals surface area contributed by atoms with E-state index in [4.69, 9.17) is 15.2 Å². The molecular weight excluding hydrogens is 178 g/mol. The van der Waals surface area contributed by atoms with Crippen molar-refractivity contribution in [2.45, 2.75) is 12.5 Å². The Morgan fingerprint density at radius 2 is 2.14 bits per heavy atom. The normalized spacial score (nSPS) is 24.4. The molecule has 1 aliphatic carbocycles. The Kier molecular flexibility index (Phi) is 2.59. The SMILES string of the molecule is COc1cccc(OCC2CC2N)c1. The van der Waals surface area contributed by atoms with Gasteiger partial charge in [0.1, 0.15) is 11.5 Å². The molecule has 0 saturated heterocycles. The molecule has 3 nitrogen and oxygen atoms in total. The Hall–Kier alpha value is -1.22. The Bertz CT molecular complexity index is 314. The molecule has 0 radical (unpaired) electrons. The highest BCUT2D eigenvalue weighted by molar-refractivity contribution is 5.32. The van der Waals surface area contributed by atoms with Gasteiger partial charge >= 0.3 is 0 Å². The third-order valence-corrected chi connectivity index (χ3v) is 2.48. The summed E-state index contributed by atoms with van der Waals surface area (Å²) in [7, 11) is 1.65. The lowest BCUT2D eigenvalue weighted by molar-refractivity contribution is 0.295. The lowest BCUT2D eigenvalue weighted by Crippen LogP contribution is -2.08. The fraction of sp³-hybridized carbons (Fsp3) is 0.455. The van der Waals surface area contributed by atoms with Crippen LogP contribution in [0.4, 0.5) is 0 Å². The van der Waals surface area contributed by atoms with Gasteiger partial charge in [-0.15, -0.1) is 0 Å². The molecule has 1 saturated carbocycles. The van der Waals surface area contributed by atoms with Gasteiger partial charge in [-0.2, -0.15) is 0 Å². The summed E-state index contributed by atoms with van der Waals surface area (Å²) in [5.41, 5.74) is 5.68. The van der Waals surface area contributed by atoms with E-state index in [-0.39, 0.29) is 0 Å². The topological polar surface area (TPSA) is 44.5 Å². The highest BCUT2D eigenvalue weighted by Crippen LogP contribution is 2.29. The van der Waals surface area contributed by atoms with Gasteiger partial charge in [0.2, 0.25) is 0 Å². The fourth-order valence-electron chi connectivity index (χ4n) is 1.36. The van der Waals surface area contributed by atoms with Gasteiger partial charge in [-0.1, -0.05) is 6.07 Å². The maximum atomic E-state index is 5.68. The molecule has 0 aliphatic heterocycles. The summed E-state index contributed by atoms with van der Waals surface area (Å²) in [5, 5.41) is 0. The van der Waals surface area contributed by atoms with Gasteiger partial charge in [-0.3, -0.25) is 0 Å². The number of hydrogen-bond acceptors (Lipinski definition) is 3. The highest BCUT2D eigenvalue weighted by Gasteiger charge is 2.33. The van der Waals surface area contributed by atoms with Crippen molar-refractivity contribution in [2.24, 2.45) is 11.7 Å². The van der Waals surface area contributed by atoms with Gasteiger partial charge in [0.25, 0.3) is 0 Å². The average molecular weight is 193 g/mol. The van der Waals surface area contributed by atoms with Gasteiger partial charge < -0.3 is 15.2 Å². The first-order chi connectivity index (χ1) is 6.79. The standard InChI is InChI=1S/C11H15NO2/c1-13-9-3-2-4-10(6-9)14-7-8-5-11(8)12/h2-4,6,8,11H,5,7,12H2,1H3. The van der Waals surface area contributed by atoms with Gasteiger partial charge in [-0.25, -0.2) is 0 Å². The molecule has 76 valence electrons. The van der Waals surface area contributed by atoms with Crippen LogP contribution in [-0.4, -0.2) is 19.8 Å². The largest absolute Gasteiger partial charge is 0.497 e.